The van der Waals surface area contributed by atoms with Gasteiger partial charge in [-0.25, -0.2) is 0 Å². The van der Waals surface area contributed by atoms with E-state index in [0.717, 1.165) is 83.6 Å². The Morgan fingerprint density at radius 2 is 1.20 bits per heavy atom. The molecule has 2 aromatic carbocycles. The summed E-state index contributed by atoms with van der Waals surface area (Å²) in [5, 5.41) is 0. The summed E-state index contributed by atoms with van der Waals surface area (Å²) < 4.78 is 16.0. The number of likely N-dealkylation sites (N-methyl/N-ethyl adjacent to an activating group) is 1. The van der Waals surface area contributed by atoms with Gasteiger partial charge in [0.2, 0.25) is 0 Å². The van der Waals surface area contributed by atoms with E-state index in [9.17, 15) is 0 Å². The minimum Gasteiger partial charge on any atom is -0.495 e. The van der Waals surface area contributed by atoms with E-state index in [1.807, 2.05) is 38.1 Å². The number of rotatable bonds is 6. The van der Waals surface area contributed by atoms with Crippen molar-refractivity contribution in [1.29, 1.82) is 0 Å². The van der Waals surface area contributed by atoms with Gasteiger partial charge in [-0.05, 0) is 43.7 Å². The largest absolute Gasteiger partial charge is 0.495 e. The molecule has 0 spiro atoms. The van der Waals surface area contributed by atoms with E-state index in [2.05, 4.69) is 38.7 Å². The number of morpholine rings is 1. The summed E-state index contributed by atoms with van der Waals surface area (Å²) in [5.41, 5.74) is 15.5. The maximum Gasteiger partial charge on any atom is 0.143 e. The van der Waals surface area contributed by atoms with E-state index < -0.39 is 0 Å². The van der Waals surface area contributed by atoms with Crippen molar-refractivity contribution in [2.75, 3.05) is 108 Å². The molecule has 0 aromatic heterocycles. The summed E-state index contributed by atoms with van der Waals surface area (Å²) in [4.78, 5) is 9.86. The highest BCUT2D eigenvalue weighted by Gasteiger charge is 2.26. The van der Waals surface area contributed by atoms with Crippen LogP contribution in [0.5, 0.6) is 11.5 Å². The van der Waals surface area contributed by atoms with Gasteiger partial charge in [0.1, 0.15) is 11.5 Å². The number of hydrogen-bond acceptors (Lipinski definition) is 9. The first-order valence-electron chi connectivity index (χ1n) is 14.9. The van der Waals surface area contributed by atoms with Crippen molar-refractivity contribution in [1.82, 2.24) is 9.80 Å². The Kier molecular flexibility index (Phi) is 13.0. The zero-order chi connectivity index (χ0) is 28.9. The fraction of sp³-hybridized carbons (Fsp3) is 0.613. The number of nitrogens with two attached hydrogens (primary N) is 2. The van der Waals surface area contributed by atoms with Crippen LogP contribution in [0.4, 0.5) is 22.7 Å². The molecule has 3 heterocycles. The van der Waals surface area contributed by atoms with Crippen molar-refractivity contribution in [3.8, 4) is 11.5 Å². The standard InChI is InChI=1S/C16H25N3O2.C13H21N3O.C2H6/c1-20-16-12-14(2-3-15(16)17)18-6-4-13(5-7-18)19-8-10-21-11-9-19;1-3-15-6-8-16(9-7-15)11-4-5-12(14)13(10-11)17-2;1-2/h2-3,12-13H,4-11,17H2,1H3;4-5,10H,3,6-9,14H2,1-2H3;1-2H3. The summed E-state index contributed by atoms with van der Waals surface area (Å²) in [5.74, 6) is 1.53. The lowest BCUT2D eigenvalue weighted by Gasteiger charge is -2.40. The molecule has 0 atom stereocenters. The lowest BCUT2D eigenvalue weighted by atomic mass is 10.0. The molecule has 9 nitrogen and oxygen atoms in total. The monoisotopic (exact) mass is 556 g/mol. The van der Waals surface area contributed by atoms with Gasteiger partial charge in [-0.1, -0.05) is 20.8 Å². The Morgan fingerprint density at radius 1 is 0.725 bits per heavy atom. The molecule has 3 saturated heterocycles. The van der Waals surface area contributed by atoms with Crippen molar-refractivity contribution in [3.05, 3.63) is 36.4 Å². The van der Waals surface area contributed by atoms with Crippen molar-refractivity contribution < 1.29 is 14.2 Å². The molecule has 4 N–H and O–H groups in total. The SMILES string of the molecule is CC.CCN1CCN(c2ccc(N)c(OC)c2)CC1.COc1cc(N2CCC(N3CCOCC3)CC2)ccc1N. The van der Waals surface area contributed by atoms with Gasteiger partial charge < -0.3 is 40.4 Å². The Bertz CT molecular complexity index is 1000. The third-order valence-corrected chi connectivity index (χ3v) is 8.01. The quantitative estimate of drug-likeness (QED) is 0.512. The van der Waals surface area contributed by atoms with Crippen LogP contribution in [-0.2, 0) is 4.74 Å². The van der Waals surface area contributed by atoms with E-state index >= 15 is 0 Å². The highest BCUT2D eigenvalue weighted by molar-refractivity contribution is 5.63. The number of ether oxygens (including phenoxy) is 3. The van der Waals surface area contributed by atoms with Crippen LogP contribution in [0, 0.1) is 0 Å². The van der Waals surface area contributed by atoms with Crippen LogP contribution in [0.1, 0.15) is 33.6 Å². The molecule has 0 amide bonds. The predicted molar refractivity (Wildman–Crippen MR) is 168 cm³/mol. The molecule has 40 heavy (non-hydrogen) atoms. The maximum atomic E-state index is 5.89. The van der Waals surface area contributed by atoms with Crippen LogP contribution in [0.15, 0.2) is 36.4 Å². The molecule has 3 aliphatic heterocycles. The van der Waals surface area contributed by atoms with Gasteiger partial charge >= 0.3 is 0 Å². The molecule has 0 bridgehead atoms. The highest BCUT2D eigenvalue weighted by atomic mass is 16.5. The van der Waals surface area contributed by atoms with Crippen molar-refractivity contribution in [3.63, 3.8) is 0 Å². The number of methoxy groups -OCH3 is 2. The van der Waals surface area contributed by atoms with Crippen LogP contribution in [0.2, 0.25) is 0 Å². The summed E-state index contributed by atoms with van der Waals surface area (Å²) in [6.45, 7) is 17.9. The fourth-order valence-electron chi connectivity index (χ4n) is 5.55. The second-order valence-electron chi connectivity index (χ2n) is 10.1. The van der Waals surface area contributed by atoms with E-state index in [0.29, 0.717) is 17.4 Å². The molecule has 0 unspecified atom stereocenters. The summed E-state index contributed by atoms with van der Waals surface area (Å²) in [6, 6.07) is 12.8. The number of benzene rings is 2. The first kappa shape index (κ1) is 31.6. The predicted octanol–water partition coefficient (Wildman–Crippen LogP) is 4.02. The van der Waals surface area contributed by atoms with Crippen molar-refractivity contribution >= 4 is 22.7 Å². The number of anilines is 4. The molecule has 2 aromatic rings. The topological polar surface area (TPSA) is 92.7 Å². The first-order valence-corrected chi connectivity index (χ1v) is 14.9. The average molecular weight is 557 g/mol. The Morgan fingerprint density at radius 3 is 1.65 bits per heavy atom. The average Bonchev–Trinajstić information content (AvgIpc) is 3.03. The molecular weight excluding hydrogens is 504 g/mol. The first-order chi connectivity index (χ1) is 19.5. The smallest absolute Gasteiger partial charge is 0.143 e. The Labute approximate surface area is 241 Å². The van der Waals surface area contributed by atoms with E-state index in [1.54, 1.807) is 14.2 Å². The molecule has 224 valence electrons. The van der Waals surface area contributed by atoms with Gasteiger partial charge in [0.05, 0.1) is 38.8 Å². The zero-order valence-electron chi connectivity index (χ0n) is 25.4. The molecule has 3 aliphatic rings. The van der Waals surface area contributed by atoms with E-state index in [4.69, 9.17) is 25.7 Å². The highest BCUT2D eigenvalue weighted by Crippen LogP contribution is 2.30. The number of piperazine rings is 1. The summed E-state index contributed by atoms with van der Waals surface area (Å²) in [6.07, 6.45) is 2.43. The van der Waals surface area contributed by atoms with Gasteiger partial charge in [0.15, 0.2) is 0 Å². The molecule has 9 heteroatoms. The third kappa shape index (κ3) is 8.56. The van der Waals surface area contributed by atoms with Gasteiger partial charge in [-0.3, -0.25) is 4.90 Å². The number of piperidine rings is 1. The third-order valence-electron chi connectivity index (χ3n) is 8.01. The Balaban J connectivity index is 0.000000212. The summed E-state index contributed by atoms with van der Waals surface area (Å²) >= 11 is 0. The minimum atomic E-state index is 0.698. The molecule has 0 aliphatic carbocycles. The van der Waals surface area contributed by atoms with E-state index in [1.165, 1.54) is 24.2 Å². The number of nitrogens with zero attached hydrogens (tertiary/aromatic N) is 4. The van der Waals surface area contributed by atoms with Crippen LogP contribution >= 0.6 is 0 Å². The van der Waals surface area contributed by atoms with Gasteiger partial charge in [0, 0.05) is 81.9 Å². The lowest BCUT2D eigenvalue weighted by molar-refractivity contribution is 0.0115. The summed E-state index contributed by atoms with van der Waals surface area (Å²) in [7, 11) is 3.32. The lowest BCUT2D eigenvalue weighted by Crippen LogP contribution is -2.49. The second-order valence-corrected chi connectivity index (χ2v) is 10.1. The van der Waals surface area contributed by atoms with Crippen molar-refractivity contribution in [2.45, 2.75) is 39.7 Å². The van der Waals surface area contributed by atoms with Gasteiger partial charge in [-0.15, -0.1) is 0 Å². The zero-order valence-corrected chi connectivity index (χ0v) is 25.4. The molecule has 0 saturated carbocycles. The van der Waals surface area contributed by atoms with E-state index in [-0.39, 0.29) is 0 Å². The van der Waals surface area contributed by atoms with Crippen molar-refractivity contribution in [2.24, 2.45) is 0 Å². The van der Waals surface area contributed by atoms with Crippen LogP contribution in [0.25, 0.3) is 0 Å². The number of nitrogen functional groups attached to an aromatic ring is 2. The Hall–Kier alpha value is -2.88. The molecular formula is C31H52N6O3. The van der Waals surface area contributed by atoms with Gasteiger partial charge in [-0.2, -0.15) is 0 Å². The van der Waals surface area contributed by atoms with Crippen LogP contribution in [0.3, 0.4) is 0 Å². The molecule has 5 rings (SSSR count). The molecule has 0 radical (unpaired) electrons. The van der Waals surface area contributed by atoms with Crippen LogP contribution in [-0.4, -0.2) is 102 Å². The van der Waals surface area contributed by atoms with Crippen LogP contribution < -0.4 is 30.7 Å². The minimum absolute atomic E-state index is 0.698. The second kappa shape index (κ2) is 16.4. The normalized spacial score (nSPS) is 18.7. The van der Waals surface area contributed by atoms with Gasteiger partial charge in [0.25, 0.3) is 0 Å². The molecule has 3 fully saturated rings. The fourth-order valence-corrected chi connectivity index (χ4v) is 5.55. The maximum absolute atomic E-state index is 5.89. The number of hydrogen-bond donors (Lipinski definition) is 2.